The molecule has 0 N–H and O–H groups in total. The predicted molar refractivity (Wildman–Crippen MR) is 92.3 cm³/mol. The molecule has 0 aliphatic carbocycles. The first kappa shape index (κ1) is 15.3. The van der Waals surface area contributed by atoms with Gasteiger partial charge >= 0.3 is 0 Å². The molecular weight excluding hydrogens is 340 g/mol. The summed E-state index contributed by atoms with van der Waals surface area (Å²) in [6.45, 7) is 0. The highest BCUT2D eigenvalue weighted by atomic mass is 35.5. The maximum atomic E-state index is 6.02. The molecule has 0 bridgehead atoms. The molecule has 0 fully saturated rings. The number of nitrogens with zero attached hydrogens (tertiary/aromatic N) is 4. The summed E-state index contributed by atoms with van der Waals surface area (Å²) in [5.41, 5.74) is 1.64. The molecule has 7 heteroatoms. The minimum Gasteiger partial charge on any atom is -0.439 e. The van der Waals surface area contributed by atoms with Crippen LogP contribution in [0.15, 0.2) is 71.6 Å². The minimum atomic E-state index is 0.440. The minimum absolute atomic E-state index is 0.440. The Kier molecular flexibility index (Phi) is 4.10. The third kappa shape index (κ3) is 3.49. The Morgan fingerprint density at radius 1 is 0.960 bits per heavy atom. The van der Waals surface area contributed by atoms with Gasteiger partial charge in [0, 0.05) is 28.4 Å². The molecule has 4 rings (SSSR count). The van der Waals surface area contributed by atoms with Gasteiger partial charge in [-0.2, -0.15) is 4.98 Å². The summed E-state index contributed by atoms with van der Waals surface area (Å²) in [7, 11) is 0. The molecule has 0 saturated heterocycles. The summed E-state index contributed by atoms with van der Waals surface area (Å²) in [5, 5.41) is 8.15. The number of ether oxygens (including phenoxy) is 1. The van der Waals surface area contributed by atoms with Crippen LogP contribution in [0.1, 0.15) is 0 Å². The molecular formula is C18H11ClN4O2. The lowest BCUT2D eigenvalue weighted by atomic mass is 10.2. The van der Waals surface area contributed by atoms with Crippen molar-refractivity contribution in [2.75, 3.05) is 0 Å². The van der Waals surface area contributed by atoms with Crippen LogP contribution in [0, 0.1) is 0 Å². The molecule has 0 spiro atoms. The Morgan fingerprint density at radius 3 is 2.60 bits per heavy atom. The van der Waals surface area contributed by atoms with Crippen molar-refractivity contribution in [3.8, 4) is 34.5 Å². The molecule has 2 heterocycles. The first-order chi connectivity index (χ1) is 12.3. The van der Waals surface area contributed by atoms with Crippen LogP contribution in [0.3, 0.4) is 0 Å². The van der Waals surface area contributed by atoms with Crippen LogP contribution in [0.2, 0.25) is 5.02 Å². The van der Waals surface area contributed by atoms with E-state index in [1.54, 1.807) is 36.5 Å². The fourth-order valence-corrected chi connectivity index (χ4v) is 2.44. The average molecular weight is 351 g/mol. The highest BCUT2D eigenvalue weighted by molar-refractivity contribution is 6.30. The van der Waals surface area contributed by atoms with Gasteiger partial charge in [0.05, 0.1) is 0 Å². The normalized spacial score (nSPS) is 10.6. The fourth-order valence-electron chi connectivity index (χ4n) is 2.25. The monoisotopic (exact) mass is 350 g/mol. The van der Waals surface area contributed by atoms with E-state index in [0.717, 1.165) is 11.1 Å². The van der Waals surface area contributed by atoms with Gasteiger partial charge in [-0.05, 0) is 36.4 Å². The molecule has 0 saturated carbocycles. The molecule has 2 aromatic heterocycles. The zero-order chi connectivity index (χ0) is 17.1. The fraction of sp³-hybridized carbons (Fsp3) is 0. The average Bonchev–Trinajstić information content (AvgIpc) is 3.17. The van der Waals surface area contributed by atoms with Crippen LogP contribution in [0.25, 0.3) is 22.8 Å². The van der Waals surface area contributed by atoms with E-state index in [-0.39, 0.29) is 0 Å². The Bertz CT molecular complexity index is 988. The third-order valence-corrected chi connectivity index (χ3v) is 3.63. The third-order valence-electron chi connectivity index (χ3n) is 3.40. The first-order valence-corrected chi connectivity index (χ1v) is 7.79. The second-order valence-corrected chi connectivity index (χ2v) is 5.54. The van der Waals surface area contributed by atoms with Gasteiger partial charge in [-0.25, -0.2) is 4.98 Å². The van der Waals surface area contributed by atoms with E-state index in [0.29, 0.717) is 28.4 Å². The molecule has 0 aliphatic rings. The van der Waals surface area contributed by atoms with Crippen LogP contribution in [-0.2, 0) is 0 Å². The zero-order valence-electron chi connectivity index (χ0n) is 12.8. The predicted octanol–water partition coefficient (Wildman–Crippen LogP) is 4.64. The summed E-state index contributed by atoms with van der Waals surface area (Å²) >= 11 is 6.02. The lowest BCUT2D eigenvalue weighted by Gasteiger charge is -2.07. The van der Waals surface area contributed by atoms with Gasteiger partial charge in [0.15, 0.2) is 5.82 Å². The van der Waals surface area contributed by atoms with Crippen molar-refractivity contribution in [3.63, 3.8) is 0 Å². The summed E-state index contributed by atoms with van der Waals surface area (Å²) in [5.74, 6) is 2.08. The van der Waals surface area contributed by atoms with Gasteiger partial charge in [0.2, 0.25) is 18.2 Å². The number of halogens is 1. The summed E-state index contributed by atoms with van der Waals surface area (Å²) in [6.07, 6.45) is 2.93. The lowest BCUT2D eigenvalue weighted by molar-refractivity contribution is 0.462. The van der Waals surface area contributed by atoms with Crippen molar-refractivity contribution in [3.05, 3.63) is 72.2 Å². The largest absolute Gasteiger partial charge is 0.439 e. The van der Waals surface area contributed by atoms with Gasteiger partial charge in [0.1, 0.15) is 5.75 Å². The summed E-state index contributed by atoms with van der Waals surface area (Å²) in [6, 6.07) is 16.3. The Hall–Kier alpha value is -3.25. The quantitative estimate of drug-likeness (QED) is 0.533. The van der Waals surface area contributed by atoms with E-state index < -0.39 is 0 Å². The lowest BCUT2D eigenvalue weighted by Crippen LogP contribution is -1.93. The van der Waals surface area contributed by atoms with Crippen molar-refractivity contribution >= 4 is 11.6 Å². The van der Waals surface area contributed by atoms with E-state index in [9.17, 15) is 0 Å². The molecule has 4 aromatic rings. The number of hydrogen-bond acceptors (Lipinski definition) is 6. The van der Waals surface area contributed by atoms with E-state index in [1.807, 2.05) is 24.3 Å². The van der Waals surface area contributed by atoms with Gasteiger partial charge < -0.3 is 9.15 Å². The Labute approximate surface area is 148 Å². The van der Waals surface area contributed by atoms with Crippen LogP contribution < -0.4 is 4.74 Å². The highest BCUT2D eigenvalue weighted by Crippen LogP contribution is 2.25. The second kappa shape index (κ2) is 6.70. The van der Waals surface area contributed by atoms with Gasteiger partial charge in [0.25, 0.3) is 0 Å². The number of rotatable bonds is 4. The molecule has 0 amide bonds. The Morgan fingerprint density at radius 2 is 1.84 bits per heavy atom. The molecule has 122 valence electrons. The smallest absolute Gasteiger partial charge is 0.247 e. The van der Waals surface area contributed by atoms with Gasteiger partial charge in [-0.1, -0.05) is 23.7 Å². The molecule has 25 heavy (non-hydrogen) atoms. The second-order valence-electron chi connectivity index (χ2n) is 5.10. The number of aromatic nitrogens is 4. The topological polar surface area (TPSA) is 73.9 Å². The zero-order valence-corrected chi connectivity index (χ0v) is 13.6. The van der Waals surface area contributed by atoms with E-state index >= 15 is 0 Å². The molecule has 0 radical (unpaired) electrons. The molecule has 0 aliphatic heterocycles. The van der Waals surface area contributed by atoms with Crippen LogP contribution >= 0.6 is 11.6 Å². The van der Waals surface area contributed by atoms with Gasteiger partial charge in [-0.3, -0.25) is 0 Å². The van der Waals surface area contributed by atoms with Crippen molar-refractivity contribution in [2.45, 2.75) is 0 Å². The van der Waals surface area contributed by atoms with E-state index in [1.165, 1.54) is 6.39 Å². The molecule has 0 unspecified atom stereocenters. The van der Waals surface area contributed by atoms with Gasteiger partial charge in [-0.15, -0.1) is 10.2 Å². The van der Waals surface area contributed by atoms with E-state index in [2.05, 4.69) is 20.2 Å². The van der Waals surface area contributed by atoms with Crippen molar-refractivity contribution in [2.24, 2.45) is 0 Å². The molecule has 0 atom stereocenters. The summed E-state index contributed by atoms with van der Waals surface area (Å²) in [4.78, 5) is 8.68. The van der Waals surface area contributed by atoms with Crippen molar-refractivity contribution < 1.29 is 9.15 Å². The summed E-state index contributed by atoms with van der Waals surface area (Å²) < 4.78 is 10.9. The van der Waals surface area contributed by atoms with Crippen molar-refractivity contribution in [1.82, 2.24) is 20.2 Å². The standard InChI is InChI=1S/C18H11ClN4O2/c19-14-3-1-2-13(10-14)17-20-9-8-16(22-17)25-15-6-4-12(5-7-15)18-23-21-11-24-18/h1-11H. The van der Waals surface area contributed by atoms with E-state index in [4.69, 9.17) is 20.8 Å². The van der Waals surface area contributed by atoms with Crippen LogP contribution in [-0.4, -0.2) is 20.2 Å². The molecule has 6 nitrogen and oxygen atoms in total. The maximum absolute atomic E-state index is 6.02. The first-order valence-electron chi connectivity index (χ1n) is 7.41. The maximum Gasteiger partial charge on any atom is 0.247 e. The van der Waals surface area contributed by atoms with Crippen LogP contribution in [0.4, 0.5) is 0 Å². The van der Waals surface area contributed by atoms with Crippen molar-refractivity contribution in [1.29, 1.82) is 0 Å². The van der Waals surface area contributed by atoms with Crippen LogP contribution in [0.5, 0.6) is 11.6 Å². The number of hydrogen-bond donors (Lipinski definition) is 0. The SMILES string of the molecule is Clc1cccc(-c2nccc(Oc3ccc(-c4nnco4)cc3)n2)c1. The molecule has 2 aromatic carbocycles. The number of benzene rings is 2. The highest BCUT2D eigenvalue weighted by Gasteiger charge is 2.07. The Balaban J connectivity index is 1.56.